The Morgan fingerprint density at radius 2 is 2.43 bits per heavy atom. The topological polar surface area (TPSA) is 42.2 Å². The molecule has 1 unspecified atom stereocenters. The van der Waals surface area contributed by atoms with E-state index < -0.39 is 0 Å². The highest BCUT2D eigenvalue weighted by Gasteiger charge is 2.10. The van der Waals surface area contributed by atoms with Crippen LogP contribution < -0.4 is 5.32 Å². The minimum atomic E-state index is -0.0738. The Labute approximate surface area is 92.0 Å². The molecule has 4 heteroatoms. The molecule has 1 heterocycles. The van der Waals surface area contributed by atoms with Gasteiger partial charge in [-0.15, -0.1) is 0 Å². The molecule has 1 aromatic heterocycles. The van der Waals surface area contributed by atoms with Gasteiger partial charge in [-0.25, -0.2) is 0 Å². The van der Waals surface area contributed by atoms with Crippen LogP contribution in [0.25, 0.3) is 0 Å². The number of nitrogens with one attached hydrogen (secondary N) is 1. The zero-order valence-electron chi connectivity index (χ0n) is 8.34. The lowest BCUT2D eigenvalue weighted by Gasteiger charge is -2.10. The van der Waals surface area contributed by atoms with Gasteiger partial charge in [-0.2, -0.15) is 0 Å². The molecule has 1 atom stereocenters. The molecule has 0 saturated heterocycles. The van der Waals surface area contributed by atoms with E-state index in [9.17, 15) is 4.79 Å². The van der Waals surface area contributed by atoms with E-state index in [2.05, 4.69) is 21.2 Å². The van der Waals surface area contributed by atoms with Crippen molar-refractivity contribution in [1.82, 2.24) is 5.32 Å². The van der Waals surface area contributed by atoms with Crippen molar-refractivity contribution < 1.29 is 9.21 Å². The third kappa shape index (κ3) is 3.18. The predicted octanol–water partition coefficient (Wildman–Crippen LogP) is 2.49. The van der Waals surface area contributed by atoms with Crippen molar-refractivity contribution in [3.05, 3.63) is 23.7 Å². The molecule has 1 N–H and O–H groups in total. The summed E-state index contributed by atoms with van der Waals surface area (Å²) in [5.41, 5.74) is 0.587. The maximum absolute atomic E-state index is 11.6. The fourth-order valence-electron chi connectivity index (χ4n) is 1.11. The lowest BCUT2D eigenvalue weighted by atomic mass is 10.2. The number of halogens is 1. The van der Waals surface area contributed by atoms with Gasteiger partial charge >= 0.3 is 0 Å². The number of aryl methyl sites for hydroxylation is 1. The molecule has 0 fully saturated rings. The smallest absolute Gasteiger partial charge is 0.254 e. The van der Waals surface area contributed by atoms with Gasteiger partial charge in [-0.1, -0.05) is 15.9 Å². The summed E-state index contributed by atoms with van der Waals surface area (Å²) in [5, 5.41) is 3.77. The molecule has 3 nitrogen and oxygen atoms in total. The van der Waals surface area contributed by atoms with Crippen LogP contribution in [0.4, 0.5) is 0 Å². The molecule has 0 aliphatic carbocycles. The lowest BCUT2D eigenvalue weighted by Crippen LogP contribution is -2.32. The first-order valence-electron chi connectivity index (χ1n) is 4.55. The Kier molecular flexibility index (Phi) is 4.20. The van der Waals surface area contributed by atoms with Gasteiger partial charge in [0.05, 0.1) is 5.56 Å². The third-order valence-corrected chi connectivity index (χ3v) is 2.37. The Morgan fingerprint density at radius 3 is 2.93 bits per heavy atom. The molecule has 1 rings (SSSR count). The molecule has 1 aromatic rings. The summed E-state index contributed by atoms with van der Waals surface area (Å²) in [7, 11) is 0. The highest BCUT2D eigenvalue weighted by molar-refractivity contribution is 9.09. The van der Waals surface area contributed by atoms with Crippen LogP contribution >= 0.6 is 15.9 Å². The van der Waals surface area contributed by atoms with Crippen molar-refractivity contribution in [2.45, 2.75) is 26.3 Å². The number of furan rings is 1. The van der Waals surface area contributed by atoms with Gasteiger partial charge in [-0.3, -0.25) is 4.79 Å². The van der Waals surface area contributed by atoms with Crippen molar-refractivity contribution >= 4 is 21.8 Å². The van der Waals surface area contributed by atoms with Gasteiger partial charge in [0.2, 0.25) is 0 Å². The molecule has 0 bridgehead atoms. The van der Waals surface area contributed by atoms with Gasteiger partial charge in [0.1, 0.15) is 12.0 Å². The second-order valence-corrected chi connectivity index (χ2v) is 4.09. The summed E-state index contributed by atoms with van der Waals surface area (Å²) in [6, 6.07) is 1.91. The molecule has 0 spiro atoms. The van der Waals surface area contributed by atoms with Crippen LogP contribution in [0.3, 0.4) is 0 Å². The van der Waals surface area contributed by atoms with Crippen molar-refractivity contribution in [3.8, 4) is 0 Å². The van der Waals surface area contributed by atoms with E-state index in [1.807, 2.05) is 13.8 Å². The van der Waals surface area contributed by atoms with Crippen LogP contribution in [0.2, 0.25) is 0 Å². The van der Waals surface area contributed by atoms with Crippen LogP contribution in [0.15, 0.2) is 16.7 Å². The third-order valence-electron chi connectivity index (χ3n) is 1.91. The second kappa shape index (κ2) is 5.20. The summed E-state index contributed by atoms with van der Waals surface area (Å²) >= 11 is 3.33. The van der Waals surface area contributed by atoms with Crippen molar-refractivity contribution in [2.24, 2.45) is 0 Å². The number of alkyl halides is 1. The SMILES string of the molecule is Cc1cc(C(=O)NC(C)CCBr)co1. The summed E-state index contributed by atoms with van der Waals surface area (Å²) in [5.74, 6) is 0.679. The molecular formula is C10H14BrNO2. The quantitative estimate of drug-likeness (QED) is 0.845. The Bertz CT molecular complexity index is 309. The summed E-state index contributed by atoms with van der Waals surface area (Å²) < 4.78 is 5.06. The monoisotopic (exact) mass is 259 g/mol. The van der Waals surface area contributed by atoms with E-state index >= 15 is 0 Å². The first-order chi connectivity index (χ1) is 6.63. The number of rotatable bonds is 4. The van der Waals surface area contributed by atoms with Crippen LogP contribution in [0.5, 0.6) is 0 Å². The van der Waals surface area contributed by atoms with Crippen molar-refractivity contribution in [3.63, 3.8) is 0 Å². The summed E-state index contributed by atoms with van der Waals surface area (Å²) in [6.07, 6.45) is 2.40. The highest BCUT2D eigenvalue weighted by atomic mass is 79.9. The van der Waals surface area contributed by atoms with E-state index in [1.165, 1.54) is 6.26 Å². The molecule has 0 aliphatic rings. The van der Waals surface area contributed by atoms with E-state index in [0.717, 1.165) is 17.5 Å². The van der Waals surface area contributed by atoms with Crippen LogP contribution in [0, 0.1) is 6.92 Å². The molecular weight excluding hydrogens is 246 g/mol. The number of carbonyl (C=O) groups is 1. The average Bonchev–Trinajstić information content (AvgIpc) is 2.52. The molecule has 0 radical (unpaired) electrons. The number of hydrogen-bond acceptors (Lipinski definition) is 2. The number of amides is 1. The summed E-state index contributed by atoms with van der Waals surface area (Å²) in [6.45, 7) is 3.80. The molecule has 0 aliphatic heterocycles. The molecule has 1 amide bonds. The normalized spacial score (nSPS) is 12.5. The second-order valence-electron chi connectivity index (χ2n) is 3.30. The minimum absolute atomic E-state index is 0.0738. The van der Waals surface area contributed by atoms with E-state index in [4.69, 9.17) is 4.42 Å². The zero-order valence-corrected chi connectivity index (χ0v) is 9.93. The Hall–Kier alpha value is -0.770. The van der Waals surface area contributed by atoms with E-state index in [0.29, 0.717) is 5.56 Å². The van der Waals surface area contributed by atoms with E-state index in [-0.39, 0.29) is 11.9 Å². The number of hydrogen-bond donors (Lipinski definition) is 1. The average molecular weight is 260 g/mol. The summed E-state index contributed by atoms with van der Waals surface area (Å²) in [4.78, 5) is 11.6. The van der Waals surface area contributed by atoms with Crippen LogP contribution in [-0.4, -0.2) is 17.3 Å². The maximum Gasteiger partial charge on any atom is 0.254 e. The fourth-order valence-corrected chi connectivity index (χ4v) is 1.79. The lowest BCUT2D eigenvalue weighted by molar-refractivity contribution is 0.0939. The predicted molar refractivity (Wildman–Crippen MR) is 58.8 cm³/mol. The fraction of sp³-hybridized carbons (Fsp3) is 0.500. The van der Waals surface area contributed by atoms with Crippen LogP contribution in [-0.2, 0) is 0 Å². The highest BCUT2D eigenvalue weighted by Crippen LogP contribution is 2.06. The molecule has 14 heavy (non-hydrogen) atoms. The standard InChI is InChI=1S/C10H14BrNO2/c1-7(3-4-11)12-10(13)9-5-8(2)14-6-9/h5-7H,3-4H2,1-2H3,(H,12,13). The number of carbonyl (C=O) groups excluding carboxylic acids is 1. The Balaban J connectivity index is 2.50. The van der Waals surface area contributed by atoms with Crippen LogP contribution in [0.1, 0.15) is 29.5 Å². The Morgan fingerprint density at radius 1 is 1.71 bits per heavy atom. The largest absolute Gasteiger partial charge is 0.469 e. The maximum atomic E-state index is 11.6. The van der Waals surface area contributed by atoms with Gasteiger partial charge in [0.15, 0.2) is 0 Å². The van der Waals surface area contributed by atoms with Gasteiger partial charge in [0, 0.05) is 11.4 Å². The zero-order chi connectivity index (χ0) is 10.6. The van der Waals surface area contributed by atoms with Gasteiger partial charge in [-0.05, 0) is 26.3 Å². The molecule has 0 saturated carbocycles. The molecule has 78 valence electrons. The molecule has 0 aromatic carbocycles. The first kappa shape index (κ1) is 11.3. The van der Waals surface area contributed by atoms with E-state index in [1.54, 1.807) is 6.07 Å². The minimum Gasteiger partial charge on any atom is -0.469 e. The van der Waals surface area contributed by atoms with Crippen molar-refractivity contribution in [2.75, 3.05) is 5.33 Å². The first-order valence-corrected chi connectivity index (χ1v) is 5.67. The van der Waals surface area contributed by atoms with Gasteiger partial charge in [0.25, 0.3) is 5.91 Å². The van der Waals surface area contributed by atoms with Gasteiger partial charge < -0.3 is 9.73 Å². The van der Waals surface area contributed by atoms with Crippen molar-refractivity contribution in [1.29, 1.82) is 0 Å².